The van der Waals surface area contributed by atoms with E-state index in [0.29, 0.717) is 17.0 Å². The van der Waals surface area contributed by atoms with Crippen LogP contribution in [0.25, 0.3) is 0 Å². The van der Waals surface area contributed by atoms with E-state index in [1.807, 2.05) is 0 Å². The van der Waals surface area contributed by atoms with E-state index in [1.54, 1.807) is 19.1 Å². The molecule has 1 aromatic heterocycles. The molecule has 1 heterocycles. The first-order valence-corrected chi connectivity index (χ1v) is 7.22. The Labute approximate surface area is 131 Å². The summed E-state index contributed by atoms with van der Waals surface area (Å²) in [5.41, 5.74) is 5.82. The SMILES string of the molecule is CC(=NNC(=O)c1n[nH]c2c1CCC2)c1cccc([N+](=O)[O-])c1. The summed E-state index contributed by atoms with van der Waals surface area (Å²) in [6, 6.07) is 6.10. The van der Waals surface area contributed by atoms with Crippen LogP contribution >= 0.6 is 0 Å². The van der Waals surface area contributed by atoms with Gasteiger partial charge in [0.25, 0.3) is 11.6 Å². The lowest BCUT2D eigenvalue weighted by atomic mass is 10.1. The Morgan fingerprint density at radius 3 is 3.04 bits per heavy atom. The first-order chi connectivity index (χ1) is 11.1. The molecule has 2 N–H and O–H groups in total. The van der Waals surface area contributed by atoms with E-state index in [0.717, 1.165) is 30.5 Å². The average molecular weight is 313 g/mol. The zero-order valence-electron chi connectivity index (χ0n) is 12.5. The second-order valence-electron chi connectivity index (χ2n) is 5.33. The maximum absolute atomic E-state index is 12.2. The van der Waals surface area contributed by atoms with Crippen molar-refractivity contribution in [3.05, 3.63) is 56.9 Å². The van der Waals surface area contributed by atoms with Crippen molar-refractivity contribution in [3.8, 4) is 0 Å². The summed E-state index contributed by atoms with van der Waals surface area (Å²) in [6.45, 7) is 1.67. The number of nitrogens with zero attached hydrogens (tertiary/aromatic N) is 3. The molecular formula is C15H15N5O3. The predicted molar refractivity (Wildman–Crippen MR) is 83.4 cm³/mol. The lowest BCUT2D eigenvalue weighted by molar-refractivity contribution is -0.384. The number of nitro groups is 1. The molecule has 0 radical (unpaired) electrons. The number of fused-ring (bicyclic) bond motifs is 1. The number of aryl methyl sites for hydroxylation is 1. The molecule has 8 nitrogen and oxygen atoms in total. The lowest BCUT2D eigenvalue weighted by Crippen LogP contribution is -2.21. The van der Waals surface area contributed by atoms with Gasteiger partial charge in [0.2, 0.25) is 0 Å². The van der Waals surface area contributed by atoms with Crippen LogP contribution in [0.5, 0.6) is 0 Å². The summed E-state index contributed by atoms with van der Waals surface area (Å²) in [5.74, 6) is -0.380. The minimum absolute atomic E-state index is 0.0199. The fourth-order valence-corrected chi connectivity index (χ4v) is 2.60. The number of rotatable bonds is 4. The number of carbonyl (C=O) groups excluding carboxylic acids is 1. The molecule has 0 unspecified atom stereocenters. The third-order valence-corrected chi connectivity index (χ3v) is 3.82. The van der Waals surface area contributed by atoms with Gasteiger partial charge in [-0.25, -0.2) is 5.43 Å². The van der Waals surface area contributed by atoms with Crippen LogP contribution in [0.4, 0.5) is 5.69 Å². The number of amides is 1. The van der Waals surface area contributed by atoms with Crippen LogP contribution < -0.4 is 5.43 Å². The molecule has 0 bridgehead atoms. The summed E-state index contributed by atoms with van der Waals surface area (Å²) >= 11 is 0. The van der Waals surface area contributed by atoms with E-state index < -0.39 is 4.92 Å². The summed E-state index contributed by atoms with van der Waals surface area (Å²) < 4.78 is 0. The largest absolute Gasteiger partial charge is 0.292 e. The molecule has 0 spiro atoms. The van der Waals surface area contributed by atoms with Crippen LogP contribution in [0, 0.1) is 10.1 Å². The summed E-state index contributed by atoms with van der Waals surface area (Å²) in [6.07, 6.45) is 2.76. The van der Waals surface area contributed by atoms with Crippen molar-refractivity contribution in [1.29, 1.82) is 0 Å². The Balaban J connectivity index is 1.75. The predicted octanol–water partition coefficient (Wildman–Crippen LogP) is 1.96. The van der Waals surface area contributed by atoms with Crippen molar-refractivity contribution in [1.82, 2.24) is 15.6 Å². The number of benzene rings is 1. The molecule has 1 aliphatic rings. The van der Waals surface area contributed by atoms with E-state index in [9.17, 15) is 14.9 Å². The van der Waals surface area contributed by atoms with Crippen LogP contribution in [0.3, 0.4) is 0 Å². The third-order valence-electron chi connectivity index (χ3n) is 3.82. The quantitative estimate of drug-likeness (QED) is 0.510. The molecule has 0 saturated carbocycles. The standard InChI is InChI=1S/C15H15N5O3/c1-9(10-4-2-5-11(8-10)20(22)23)16-19-15(21)14-12-6-3-7-13(12)17-18-14/h2,4-5,8H,3,6-7H2,1H3,(H,17,18)(H,19,21). The Hall–Kier alpha value is -3.03. The lowest BCUT2D eigenvalue weighted by Gasteiger charge is -2.02. The van der Waals surface area contributed by atoms with Crippen molar-refractivity contribution in [2.45, 2.75) is 26.2 Å². The number of nitrogens with one attached hydrogen (secondary N) is 2. The molecule has 23 heavy (non-hydrogen) atoms. The Morgan fingerprint density at radius 1 is 1.43 bits per heavy atom. The van der Waals surface area contributed by atoms with Crippen LogP contribution in [0.1, 0.15) is 40.7 Å². The Bertz CT molecular complexity index is 809. The van der Waals surface area contributed by atoms with Crippen LogP contribution in [-0.2, 0) is 12.8 Å². The van der Waals surface area contributed by atoms with Gasteiger partial charge in [0.15, 0.2) is 5.69 Å². The maximum Gasteiger partial charge on any atom is 0.292 e. The maximum atomic E-state index is 12.2. The highest BCUT2D eigenvalue weighted by Gasteiger charge is 2.22. The number of hydrogen-bond acceptors (Lipinski definition) is 5. The molecule has 8 heteroatoms. The Kier molecular flexibility index (Phi) is 3.88. The highest BCUT2D eigenvalue weighted by Crippen LogP contribution is 2.22. The number of H-pyrrole nitrogens is 1. The van der Waals surface area contributed by atoms with Gasteiger partial charge in [-0.3, -0.25) is 20.0 Å². The number of hydrazone groups is 1. The van der Waals surface area contributed by atoms with E-state index in [2.05, 4.69) is 20.7 Å². The average Bonchev–Trinajstić information content (AvgIpc) is 3.15. The van der Waals surface area contributed by atoms with E-state index in [-0.39, 0.29) is 11.6 Å². The van der Waals surface area contributed by atoms with Crippen LogP contribution in [0.15, 0.2) is 29.4 Å². The number of non-ortho nitro benzene ring substituents is 1. The molecule has 0 aliphatic heterocycles. The second-order valence-corrected chi connectivity index (χ2v) is 5.33. The smallest absolute Gasteiger partial charge is 0.281 e. The zero-order valence-corrected chi connectivity index (χ0v) is 12.5. The van der Waals surface area contributed by atoms with E-state index >= 15 is 0 Å². The van der Waals surface area contributed by atoms with Crippen molar-refractivity contribution < 1.29 is 9.72 Å². The van der Waals surface area contributed by atoms with Gasteiger partial charge < -0.3 is 0 Å². The first-order valence-electron chi connectivity index (χ1n) is 7.22. The first kappa shape index (κ1) is 14.9. The van der Waals surface area contributed by atoms with Gasteiger partial charge >= 0.3 is 0 Å². The molecule has 118 valence electrons. The van der Waals surface area contributed by atoms with E-state index in [4.69, 9.17) is 0 Å². The third kappa shape index (κ3) is 2.96. The van der Waals surface area contributed by atoms with Crippen molar-refractivity contribution in [2.75, 3.05) is 0 Å². The number of aromatic amines is 1. The van der Waals surface area contributed by atoms with Gasteiger partial charge in [0, 0.05) is 29.0 Å². The molecule has 1 aromatic carbocycles. The molecule has 1 aliphatic carbocycles. The van der Waals surface area contributed by atoms with Crippen LogP contribution in [-0.4, -0.2) is 26.7 Å². The van der Waals surface area contributed by atoms with Gasteiger partial charge in [-0.05, 0) is 26.2 Å². The van der Waals surface area contributed by atoms with Gasteiger partial charge in [-0.1, -0.05) is 12.1 Å². The molecule has 3 rings (SSSR count). The summed E-state index contributed by atoms with van der Waals surface area (Å²) in [5, 5.41) is 21.7. The van der Waals surface area contributed by atoms with Crippen molar-refractivity contribution >= 4 is 17.3 Å². The molecule has 0 atom stereocenters. The minimum Gasteiger partial charge on any atom is -0.281 e. The number of aromatic nitrogens is 2. The zero-order chi connectivity index (χ0) is 16.4. The monoisotopic (exact) mass is 313 g/mol. The highest BCUT2D eigenvalue weighted by atomic mass is 16.6. The van der Waals surface area contributed by atoms with Gasteiger partial charge in [0.1, 0.15) is 0 Å². The van der Waals surface area contributed by atoms with Crippen molar-refractivity contribution in [2.24, 2.45) is 5.10 Å². The fraction of sp³-hybridized carbons (Fsp3) is 0.267. The van der Waals surface area contributed by atoms with Crippen LogP contribution in [0.2, 0.25) is 0 Å². The summed E-state index contributed by atoms with van der Waals surface area (Å²) in [7, 11) is 0. The van der Waals surface area contributed by atoms with Gasteiger partial charge in [-0.2, -0.15) is 10.2 Å². The molecule has 2 aromatic rings. The Morgan fingerprint density at radius 2 is 2.26 bits per heavy atom. The van der Waals surface area contributed by atoms with Gasteiger partial charge in [-0.15, -0.1) is 0 Å². The topological polar surface area (TPSA) is 113 Å². The normalized spacial score (nSPS) is 13.7. The van der Waals surface area contributed by atoms with Crippen molar-refractivity contribution in [3.63, 3.8) is 0 Å². The highest BCUT2D eigenvalue weighted by molar-refractivity contribution is 6.01. The minimum atomic E-state index is -0.470. The number of hydrogen-bond donors (Lipinski definition) is 2. The second kappa shape index (κ2) is 5.99. The summed E-state index contributed by atoms with van der Waals surface area (Å²) in [4.78, 5) is 22.5. The molecular weight excluding hydrogens is 298 g/mol. The number of carbonyl (C=O) groups is 1. The fourth-order valence-electron chi connectivity index (χ4n) is 2.60. The molecule has 0 fully saturated rings. The molecule has 0 saturated heterocycles. The van der Waals surface area contributed by atoms with Gasteiger partial charge in [0.05, 0.1) is 10.6 Å². The molecule has 1 amide bonds. The number of nitro benzene ring substituents is 1. The van der Waals surface area contributed by atoms with E-state index in [1.165, 1.54) is 12.1 Å².